The molecule has 1 N–H and O–H groups in total. The first-order chi connectivity index (χ1) is 10.6. The second kappa shape index (κ2) is 5.51. The fourth-order valence-electron chi connectivity index (χ4n) is 2.91. The zero-order valence-corrected chi connectivity index (χ0v) is 13.0. The summed E-state index contributed by atoms with van der Waals surface area (Å²) in [6.07, 6.45) is 3.29. The number of nitrogens with zero attached hydrogens (tertiary/aromatic N) is 2. The van der Waals surface area contributed by atoms with Crippen molar-refractivity contribution in [3.8, 4) is 11.5 Å². The number of carboxylic acids is 1. The first-order valence-corrected chi connectivity index (χ1v) is 7.43. The van der Waals surface area contributed by atoms with Crippen molar-refractivity contribution in [3.63, 3.8) is 0 Å². The summed E-state index contributed by atoms with van der Waals surface area (Å²) in [6.45, 7) is 1.68. The minimum absolute atomic E-state index is 0.339. The molecule has 22 heavy (non-hydrogen) atoms. The monoisotopic (exact) mass is 304 g/mol. The van der Waals surface area contributed by atoms with Gasteiger partial charge in [-0.1, -0.05) is 6.42 Å². The van der Waals surface area contributed by atoms with Crippen molar-refractivity contribution in [3.05, 3.63) is 18.0 Å². The van der Waals surface area contributed by atoms with Crippen LogP contribution in [-0.4, -0.2) is 34.8 Å². The van der Waals surface area contributed by atoms with Crippen LogP contribution >= 0.6 is 0 Å². The Bertz CT molecular complexity index is 718. The molecule has 6 nitrogen and oxygen atoms in total. The minimum atomic E-state index is -0.866. The lowest BCUT2D eigenvalue weighted by atomic mass is 9.84. The van der Waals surface area contributed by atoms with Gasteiger partial charge in [0, 0.05) is 18.1 Å². The van der Waals surface area contributed by atoms with Gasteiger partial charge in [-0.25, -0.2) is 9.78 Å². The Labute approximate surface area is 128 Å². The molecule has 1 aromatic heterocycles. The molecule has 0 aliphatic heterocycles. The molecule has 2 aromatic rings. The van der Waals surface area contributed by atoms with E-state index in [9.17, 15) is 9.90 Å². The van der Waals surface area contributed by atoms with E-state index < -0.39 is 12.0 Å². The highest BCUT2D eigenvalue weighted by atomic mass is 16.5. The van der Waals surface area contributed by atoms with E-state index >= 15 is 0 Å². The topological polar surface area (TPSA) is 73.6 Å². The predicted molar refractivity (Wildman–Crippen MR) is 81.8 cm³/mol. The van der Waals surface area contributed by atoms with Crippen LogP contribution in [0.5, 0.6) is 11.5 Å². The average Bonchev–Trinajstić information content (AvgIpc) is 2.80. The molecule has 1 saturated carbocycles. The molecule has 1 fully saturated rings. The minimum Gasteiger partial charge on any atom is -0.493 e. The molecule has 3 rings (SSSR count). The highest BCUT2D eigenvalue weighted by Gasteiger charge is 2.30. The van der Waals surface area contributed by atoms with Crippen LogP contribution in [0.1, 0.15) is 44.0 Å². The van der Waals surface area contributed by atoms with Crippen LogP contribution in [0.2, 0.25) is 0 Å². The lowest BCUT2D eigenvalue weighted by molar-refractivity contribution is -0.140. The largest absolute Gasteiger partial charge is 0.493 e. The van der Waals surface area contributed by atoms with Gasteiger partial charge in [0.2, 0.25) is 0 Å². The van der Waals surface area contributed by atoms with Gasteiger partial charge in [-0.05, 0) is 19.8 Å². The van der Waals surface area contributed by atoms with Gasteiger partial charge in [0.05, 0.1) is 25.3 Å². The third-order valence-electron chi connectivity index (χ3n) is 4.44. The van der Waals surface area contributed by atoms with Crippen LogP contribution in [0.4, 0.5) is 0 Å². The number of aromatic nitrogens is 2. The number of hydrogen-bond acceptors (Lipinski definition) is 4. The summed E-state index contributed by atoms with van der Waals surface area (Å²) in [6, 6.07) is 2.95. The molecule has 0 saturated heterocycles. The molecule has 0 radical (unpaired) electrons. The number of rotatable bonds is 5. The zero-order chi connectivity index (χ0) is 15.9. The van der Waals surface area contributed by atoms with Crippen molar-refractivity contribution in [2.24, 2.45) is 0 Å². The summed E-state index contributed by atoms with van der Waals surface area (Å²) < 4.78 is 12.5. The molecule has 1 heterocycles. The SMILES string of the molecule is COc1cc2nc(C3CCC3)n(C(C)C(=O)O)c2cc1OC. The van der Waals surface area contributed by atoms with Crippen molar-refractivity contribution in [1.82, 2.24) is 9.55 Å². The van der Waals surface area contributed by atoms with E-state index in [-0.39, 0.29) is 0 Å². The Hall–Kier alpha value is -2.24. The maximum atomic E-state index is 11.5. The number of imidazole rings is 1. The number of carbonyl (C=O) groups is 1. The van der Waals surface area contributed by atoms with Crippen molar-refractivity contribution in [2.45, 2.75) is 38.1 Å². The van der Waals surface area contributed by atoms with E-state index in [1.54, 1.807) is 27.2 Å². The molecular formula is C16H20N2O4. The third-order valence-corrected chi connectivity index (χ3v) is 4.44. The Kier molecular flexibility index (Phi) is 3.68. The average molecular weight is 304 g/mol. The number of ether oxygens (including phenoxy) is 2. The molecule has 0 spiro atoms. The number of aliphatic carboxylic acids is 1. The van der Waals surface area contributed by atoms with Gasteiger partial charge < -0.3 is 19.1 Å². The Balaban J connectivity index is 2.24. The normalized spacial score (nSPS) is 16.3. The number of carboxylic acid groups (broad SMARTS) is 1. The molecule has 1 aliphatic rings. The predicted octanol–water partition coefficient (Wildman–Crippen LogP) is 2.97. The van der Waals surface area contributed by atoms with Gasteiger partial charge in [-0.15, -0.1) is 0 Å². The first-order valence-electron chi connectivity index (χ1n) is 7.43. The fraction of sp³-hybridized carbons (Fsp3) is 0.500. The van der Waals surface area contributed by atoms with Crippen LogP contribution in [0.25, 0.3) is 11.0 Å². The number of hydrogen-bond donors (Lipinski definition) is 1. The number of methoxy groups -OCH3 is 2. The maximum absolute atomic E-state index is 11.5. The van der Waals surface area contributed by atoms with Gasteiger partial charge in [-0.2, -0.15) is 0 Å². The van der Waals surface area contributed by atoms with E-state index in [0.29, 0.717) is 17.4 Å². The third kappa shape index (κ3) is 2.19. The summed E-state index contributed by atoms with van der Waals surface area (Å²) >= 11 is 0. The molecule has 0 amide bonds. The molecule has 1 aliphatic carbocycles. The molecule has 118 valence electrons. The lowest BCUT2D eigenvalue weighted by Gasteiger charge is -2.26. The standard InChI is InChI=1S/C16H20N2O4/c1-9(16(19)20)18-12-8-14(22-3)13(21-2)7-11(12)17-15(18)10-5-4-6-10/h7-10H,4-6H2,1-3H3,(H,19,20). The molecule has 1 aromatic carbocycles. The van der Waals surface area contributed by atoms with Crippen LogP contribution in [0, 0.1) is 0 Å². The molecular weight excluding hydrogens is 284 g/mol. The van der Waals surface area contributed by atoms with Gasteiger partial charge >= 0.3 is 5.97 Å². The van der Waals surface area contributed by atoms with E-state index in [2.05, 4.69) is 4.98 Å². The Morgan fingerprint density at radius 2 is 1.95 bits per heavy atom. The van der Waals surface area contributed by atoms with Crippen molar-refractivity contribution in [2.75, 3.05) is 14.2 Å². The van der Waals surface area contributed by atoms with Gasteiger partial charge in [0.15, 0.2) is 11.5 Å². The van der Waals surface area contributed by atoms with E-state index in [4.69, 9.17) is 9.47 Å². The van der Waals surface area contributed by atoms with E-state index in [1.165, 1.54) is 6.42 Å². The van der Waals surface area contributed by atoms with Crippen molar-refractivity contribution < 1.29 is 19.4 Å². The smallest absolute Gasteiger partial charge is 0.326 e. The highest BCUT2D eigenvalue weighted by molar-refractivity contribution is 5.83. The Morgan fingerprint density at radius 3 is 2.45 bits per heavy atom. The molecule has 0 bridgehead atoms. The summed E-state index contributed by atoms with van der Waals surface area (Å²) in [7, 11) is 3.14. The van der Waals surface area contributed by atoms with E-state index in [0.717, 1.165) is 29.7 Å². The molecule has 1 unspecified atom stereocenters. The molecule has 6 heteroatoms. The highest BCUT2D eigenvalue weighted by Crippen LogP contribution is 2.40. The van der Waals surface area contributed by atoms with Crippen LogP contribution < -0.4 is 9.47 Å². The van der Waals surface area contributed by atoms with Crippen LogP contribution in [0.3, 0.4) is 0 Å². The summed E-state index contributed by atoms with van der Waals surface area (Å²) in [5.41, 5.74) is 1.52. The molecule has 1 atom stereocenters. The van der Waals surface area contributed by atoms with Crippen LogP contribution in [0.15, 0.2) is 12.1 Å². The quantitative estimate of drug-likeness (QED) is 0.919. The van der Waals surface area contributed by atoms with Gasteiger partial charge in [-0.3, -0.25) is 0 Å². The van der Waals surface area contributed by atoms with Gasteiger partial charge in [0.25, 0.3) is 0 Å². The first kappa shape index (κ1) is 14.7. The second-order valence-corrected chi connectivity index (χ2v) is 5.68. The number of fused-ring (bicyclic) bond motifs is 1. The summed E-state index contributed by atoms with van der Waals surface area (Å²) in [5, 5.41) is 9.43. The van der Waals surface area contributed by atoms with Crippen molar-refractivity contribution in [1.29, 1.82) is 0 Å². The summed E-state index contributed by atoms with van der Waals surface area (Å²) in [4.78, 5) is 16.2. The maximum Gasteiger partial charge on any atom is 0.326 e. The van der Waals surface area contributed by atoms with E-state index in [1.807, 2.05) is 10.6 Å². The zero-order valence-electron chi connectivity index (χ0n) is 13.0. The number of benzene rings is 1. The summed E-state index contributed by atoms with van der Waals surface area (Å²) in [5.74, 6) is 1.50. The lowest BCUT2D eigenvalue weighted by Crippen LogP contribution is -2.22. The van der Waals surface area contributed by atoms with Crippen molar-refractivity contribution >= 4 is 17.0 Å². The van der Waals surface area contributed by atoms with Gasteiger partial charge in [0.1, 0.15) is 11.9 Å². The Morgan fingerprint density at radius 1 is 1.32 bits per heavy atom. The van der Waals surface area contributed by atoms with Crippen LogP contribution in [-0.2, 0) is 4.79 Å². The fourth-order valence-corrected chi connectivity index (χ4v) is 2.91. The second-order valence-electron chi connectivity index (χ2n) is 5.68.